The molecule has 9 heteroatoms. The van der Waals surface area contributed by atoms with E-state index in [0.717, 1.165) is 11.3 Å². The van der Waals surface area contributed by atoms with Gasteiger partial charge in [-0.3, -0.25) is 4.98 Å². The second-order valence-electron chi connectivity index (χ2n) is 6.00. The van der Waals surface area contributed by atoms with Crippen LogP contribution in [0.1, 0.15) is 0 Å². The number of aromatic hydroxyl groups is 1. The summed E-state index contributed by atoms with van der Waals surface area (Å²) in [4.78, 5) is 17.4. The van der Waals surface area contributed by atoms with Crippen LogP contribution in [-0.4, -0.2) is 37.3 Å². The molecule has 3 N–H and O–H groups in total. The summed E-state index contributed by atoms with van der Waals surface area (Å²) in [5, 5.41) is 16.2. The van der Waals surface area contributed by atoms with Gasteiger partial charge in [0.2, 0.25) is 0 Å². The lowest BCUT2D eigenvalue weighted by Gasteiger charge is -2.10. The molecule has 0 amide bonds. The molecule has 8 nitrogen and oxygen atoms in total. The van der Waals surface area contributed by atoms with Gasteiger partial charge in [-0.25, -0.2) is 15.0 Å². The van der Waals surface area contributed by atoms with E-state index >= 15 is 0 Å². The standard InChI is InChI=1S/C20H16N6O2S/c1-28-17-10-12(2-5-16(17)27)14-3-4-15-19(24-14)25-18(11-22-15)26-20(29)23-13-6-8-21-9-7-13/h2-11,27H,1H3,(H2,21,23,24,25,26,29). The summed E-state index contributed by atoms with van der Waals surface area (Å²) in [5.41, 5.74) is 3.40. The highest BCUT2D eigenvalue weighted by Gasteiger charge is 2.09. The zero-order valence-electron chi connectivity index (χ0n) is 15.3. The van der Waals surface area contributed by atoms with Crippen LogP contribution in [0.3, 0.4) is 0 Å². The van der Waals surface area contributed by atoms with Gasteiger partial charge in [-0.05, 0) is 54.7 Å². The molecule has 0 saturated heterocycles. The van der Waals surface area contributed by atoms with E-state index in [1.54, 1.807) is 48.9 Å². The summed E-state index contributed by atoms with van der Waals surface area (Å²) >= 11 is 5.31. The number of phenols is 1. The Kier molecular flexibility index (Phi) is 5.12. The minimum absolute atomic E-state index is 0.0681. The maximum atomic E-state index is 9.78. The van der Waals surface area contributed by atoms with Gasteiger partial charge in [0, 0.05) is 23.6 Å². The Balaban J connectivity index is 1.59. The predicted molar refractivity (Wildman–Crippen MR) is 115 cm³/mol. The first-order valence-electron chi connectivity index (χ1n) is 8.61. The van der Waals surface area contributed by atoms with Crippen molar-refractivity contribution in [1.82, 2.24) is 19.9 Å². The van der Waals surface area contributed by atoms with Crippen molar-refractivity contribution in [2.24, 2.45) is 0 Å². The van der Waals surface area contributed by atoms with Crippen molar-refractivity contribution in [3.05, 3.63) is 61.1 Å². The number of hydrogen-bond acceptors (Lipinski definition) is 7. The number of nitrogens with zero attached hydrogens (tertiary/aromatic N) is 4. The number of benzene rings is 1. The van der Waals surface area contributed by atoms with E-state index in [4.69, 9.17) is 17.0 Å². The van der Waals surface area contributed by atoms with Crippen molar-refractivity contribution in [1.29, 1.82) is 0 Å². The molecule has 144 valence electrons. The summed E-state index contributed by atoms with van der Waals surface area (Å²) in [5.74, 6) is 0.911. The van der Waals surface area contributed by atoms with Gasteiger partial charge in [-0.15, -0.1) is 0 Å². The molecule has 0 radical (unpaired) electrons. The second-order valence-corrected chi connectivity index (χ2v) is 6.40. The number of rotatable bonds is 4. The number of phenolic OH excluding ortho intramolecular Hbond substituents is 1. The zero-order chi connectivity index (χ0) is 20.2. The fraction of sp³-hybridized carbons (Fsp3) is 0.0500. The van der Waals surface area contributed by atoms with Crippen molar-refractivity contribution in [2.45, 2.75) is 0 Å². The van der Waals surface area contributed by atoms with Gasteiger partial charge in [0.25, 0.3) is 0 Å². The minimum Gasteiger partial charge on any atom is -0.504 e. The number of anilines is 2. The van der Waals surface area contributed by atoms with E-state index in [1.165, 1.54) is 7.11 Å². The third-order valence-electron chi connectivity index (χ3n) is 4.06. The van der Waals surface area contributed by atoms with Gasteiger partial charge < -0.3 is 20.5 Å². The monoisotopic (exact) mass is 404 g/mol. The van der Waals surface area contributed by atoms with Gasteiger partial charge in [0.05, 0.1) is 19.0 Å². The van der Waals surface area contributed by atoms with Crippen molar-refractivity contribution < 1.29 is 9.84 Å². The fourth-order valence-corrected chi connectivity index (χ4v) is 2.89. The molecule has 29 heavy (non-hydrogen) atoms. The highest BCUT2D eigenvalue weighted by molar-refractivity contribution is 7.80. The number of thiocarbonyl (C=S) groups is 1. The maximum Gasteiger partial charge on any atom is 0.180 e. The Morgan fingerprint density at radius 3 is 2.66 bits per heavy atom. The highest BCUT2D eigenvalue weighted by atomic mass is 32.1. The van der Waals surface area contributed by atoms with Crippen LogP contribution in [0.4, 0.5) is 11.5 Å². The van der Waals surface area contributed by atoms with Gasteiger partial charge in [-0.1, -0.05) is 0 Å². The molecule has 0 aliphatic rings. The van der Waals surface area contributed by atoms with Crippen LogP contribution in [-0.2, 0) is 0 Å². The van der Waals surface area contributed by atoms with E-state index < -0.39 is 0 Å². The van der Waals surface area contributed by atoms with Gasteiger partial charge in [0.15, 0.2) is 28.1 Å². The van der Waals surface area contributed by atoms with E-state index in [0.29, 0.717) is 33.5 Å². The lowest BCUT2D eigenvalue weighted by molar-refractivity contribution is 0.373. The van der Waals surface area contributed by atoms with Crippen LogP contribution in [0.25, 0.3) is 22.4 Å². The zero-order valence-corrected chi connectivity index (χ0v) is 16.1. The number of nitrogens with one attached hydrogen (secondary N) is 2. The summed E-state index contributed by atoms with van der Waals surface area (Å²) in [6, 6.07) is 12.3. The molecule has 0 fully saturated rings. The fourth-order valence-electron chi connectivity index (χ4n) is 2.67. The van der Waals surface area contributed by atoms with Gasteiger partial charge in [0.1, 0.15) is 5.52 Å². The van der Waals surface area contributed by atoms with Crippen molar-refractivity contribution >= 4 is 40.0 Å². The van der Waals surface area contributed by atoms with Crippen LogP contribution < -0.4 is 15.4 Å². The average molecular weight is 404 g/mol. The average Bonchev–Trinajstić information content (AvgIpc) is 2.74. The van der Waals surface area contributed by atoms with Crippen LogP contribution in [0.15, 0.2) is 61.1 Å². The lowest BCUT2D eigenvalue weighted by Crippen LogP contribution is -2.20. The van der Waals surface area contributed by atoms with E-state index in [-0.39, 0.29) is 5.75 Å². The molecular formula is C20H16N6O2S. The number of aromatic nitrogens is 4. The van der Waals surface area contributed by atoms with Crippen molar-refractivity contribution in [3.63, 3.8) is 0 Å². The molecule has 0 bridgehead atoms. The topological polar surface area (TPSA) is 105 Å². The number of ether oxygens (including phenoxy) is 1. The highest BCUT2D eigenvalue weighted by Crippen LogP contribution is 2.31. The van der Waals surface area contributed by atoms with Gasteiger partial charge in [-0.2, -0.15) is 0 Å². The second kappa shape index (κ2) is 8.03. The smallest absolute Gasteiger partial charge is 0.180 e. The van der Waals surface area contributed by atoms with Crippen LogP contribution in [0, 0.1) is 0 Å². The molecule has 0 saturated carbocycles. The van der Waals surface area contributed by atoms with Crippen LogP contribution in [0.5, 0.6) is 11.5 Å². The number of methoxy groups -OCH3 is 1. The Labute approximate surface area is 171 Å². The normalized spacial score (nSPS) is 10.5. The molecule has 3 aromatic heterocycles. The molecule has 0 atom stereocenters. The minimum atomic E-state index is 0.0681. The lowest BCUT2D eigenvalue weighted by atomic mass is 10.1. The Morgan fingerprint density at radius 1 is 1.03 bits per heavy atom. The summed E-state index contributed by atoms with van der Waals surface area (Å²) in [6.45, 7) is 0. The third-order valence-corrected chi connectivity index (χ3v) is 4.27. The summed E-state index contributed by atoms with van der Waals surface area (Å²) < 4.78 is 5.17. The molecule has 4 aromatic rings. The molecule has 0 aliphatic heterocycles. The van der Waals surface area contributed by atoms with Crippen LogP contribution >= 0.6 is 12.2 Å². The Bertz CT molecular complexity index is 1190. The Morgan fingerprint density at radius 2 is 1.86 bits per heavy atom. The number of fused-ring (bicyclic) bond motifs is 1. The first-order chi connectivity index (χ1) is 14.1. The van der Waals surface area contributed by atoms with E-state index in [1.807, 2.05) is 12.1 Å². The molecule has 0 unspecified atom stereocenters. The van der Waals surface area contributed by atoms with Crippen molar-refractivity contribution in [3.8, 4) is 22.8 Å². The third kappa shape index (κ3) is 4.19. The molecular weight excluding hydrogens is 388 g/mol. The quantitative estimate of drug-likeness (QED) is 0.440. The number of hydrogen-bond donors (Lipinski definition) is 3. The molecule has 3 heterocycles. The first kappa shape index (κ1) is 18.5. The summed E-state index contributed by atoms with van der Waals surface area (Å²) in [7, 11) is 1.50. The van der Waals surface area contributed by atoms with Crippen molar-refractivity contribution in [2.75, 3.05) is 17.7 Å². The van der Waals surface area contributed by atoms with Gasteiger partial charge >= 0.3 is 0 Å². The first-order valence-corrected chi connectivity index (χ1v) is 9.02. The maximum absolute atomic E-state index is 9.78. The Hall–Kier alpha value is -3.85. The SMILES string of the molecule is COc1cc(-c2ccc3ncc(NC(=S)Nc4ccncc4)nc3n2)ccc1O. The van der Waals surface area contributed by atoms with Crippen LogP contribution in [0.2, 0.25) is 0 Å². The van der Waals surface area contributed by atoms with E-state index in [9.17, 15) is 5.11 Å². The molecule has 4 rings (SSSR count). The summed E-state index contributed by atoms with van der Waals surface area (Å²) in [6.07, 6.45) is 4.93. The molecule has 0 aliphatic carbocycles. The largest absolute Gasteiger partial charge is 0.504 e. The predicted octanol–water partition coefficient (Wildman–Crippen LogP) is 3.61. The molecule has 0 spiro atoms. The number of pyridine rings is 2. The molecule has 1 aromatic carbocycles. The van der Waals surface area contributed by atoms with E-state index in [2.05, 4.69) is 30.6 Å².